The number of halogens is 3. The molecule has 0 bridgehead atoms. The number of hydrogen-bond donors (Lipinski definition) is 1. The molecule has 0 fully saturated rings. The molecule has 18 heavy (non-hydrogen) atoms. The van der Waals surface area contributed by atoms with Gasteiger partial charge in [-0.1, -0.05) is 0 Å². The Bertz CT molecular complexity index is 534. The molecule has 0 amide bonds. The predicted molar refractivity (Wildman–Crippen MR) is 57.6 cm³/mol. The Morgan fingerprint density at radius 1 is 1.28 bits per heavy atom. The first-order valence-corrected chi connectivity index (χ1v) is 5.07. The average Bonchev–Trinajstić information content (AvgIpc) is 2.72. The summed E-state index contributed by atoms with van der Waals surface area (Å²) in [5, 5.41) is 2.69. The summed E-state index contributed by atoms with van der Waals surface area (Å²) in [5.41, 5.74) is -0.972. The van der Waals surface area contributed by atoms with Crippen LogP contribution in [-0.2, 0) is 19.8 Å². The van der Waals surface area contributed by atoms with Crippen molar-refractivity contribution in [1.82, 2.24) is 19.5 Å². The minimum atomic E-state index is -4.47. The number of imidazole rings is 1. The zero-order valence-corrected chi connectivity index (χ0v) is 9.44. The topological polar surface area (TPSA) is 55.6 Å². The van der Waals surface area contributed by atoms with Gasteiger partial charge in [0.2, 0.25) is 5.95 Å². The molecule has 0 aliphatic heterocycles. The second kappa shape index (κ2) is 4.63. The first kappa shape index (κ1) is 12.3. The van der Waals surface area contributed by atoms with Crippen LogP contribution in [0.15, 0.2) is 24.7 Å². The summed E-state index contributed by atoms with van der Waals surface area (Å²) >= 11 is 0. The van der Waals surface area contributed by atoms with Crippen molar-refractivity contribution in [3.63, 3.8) is 0 Å². The van der Waals surface area contributed by atoms with Crippen LogP contribution < -0.4 is 5.32 Å². The number of aromatic nitrogens is 4. The van der Waals surface area contributed by atoms with Gasteiger partial charge in [0.15, 0.2) is 0 Å². The summed E-state index contributed by atoms with van der Waals surface area (Å²) in [7, 11) is 1.79. The van der Waals surface area contributed by atoms with Crippen molar-refractivity contribution in [3.8, 4) is 0 Å². The van der Waals surface area contributed by atoms with Crippen LogP contribution in [0.5, 0.6) is 0 Å². The van der Waals surface area contributed by atoms with E-state index in [2.05, 4.69) is 20.3 Å². The van der Waals surface area contributed by atoms with E-state index in [4.69, 9.17) is 0 Å². The minimum Gasteiger partial charge on any atom is -0.347 e. The highest BCUT2D eigenvalue weighted by molar-refractivity contribution is 5.26. The van der Waals surface area contributed by atoms with Crippen LogP contribution >= 0.6 is 0 Å². The van der Waals surface area contributed by atoms with E-state index in [9.17, 15) is 13.2 Å². The molecule has 0 unspecified atom stereocenters. The highest BCUT2D eigenvalue weighted by atomic mass is 19.4. The molecule has 0 atom stereocenters. The molecule has 0 saturated heterocycles. The molecule has 0 aliphatic carbocycles. The van der Waals surface area contributed by atoms with Crippen LogP contribution in [0.4, 0.5) is 19.1 Å². The van der Waals surface area contributed by atoms with E-state index in [-0.39, 0.29) is 12.5 Å². The van der Waals surface area contributed by atoms with Gasteiger partial charge in [0.25, 0.3) is 0 Å². The molecule has 0 saturated carbocycles. The van der Waals surface area contributed by atoms with Crippen LogP contribution in [0.2, 0.25) is 0 Å². The summed E-state index contributed by atoms with van der Waals surface area (Å²) < 4.78 is 39.0. The van der Waals surface area contributed by atoms with E-state index in [1.807, 2.05) is 0 Å². The second-order valence-electron chi connectivity index (χ2n) is 3.57. The molecule has 0 radical (unpaired) electrons. The van der Waals surface area contributed by atoms with Gasteiger partial charge in [-0.15, -0.1) is 0 Å². The lowest BCUT2D eigenvalue weighted by Crippen LogP contribution is -2.12. The third kappa shape index (κ3) is 2.76. The summed E-state index contributed by atoms with van der Waals surface area (Å²) in [4.78, 5) is 11.1. The smallest absolute Gasteiger partial charge is 0.347 e. The Morgan fingerprint density at radius 3 is 2.67 bits per heavy atom. The first-order valence-electron chi connectivity index (χ1n) is 5.07. The predicted octanol–water partition coefficient (Wildman–Crippen LogP) is 1.84. The lowest BCUT2D eigenvalue weighted by Gasteiger charge is -2.08. The number of aryl methyl sites for hydroxylation is 1. The van der Waals surface area contributed by atoms with Crippen molar-refractivity contribution < 1.29 is 13.2 Å². The van der Waals surface area contributed by atoms with Gasteiger partial charge in [-0.25, -0.2) is 15.0 Å². The molecule has 5 nitrogen and oxygen atoms in total. The van der Waals surface area contributed by atoms with Gasteiger partial charge in [-0.2, -0.15) is 13.2 Å². The van der Waals surface area contributed by atoms with Crippen molar-refractivity contribution in [2.45, 2.75) is 12.7 Å². The Hall–Kier alpha value is -2.12. The van der Waals surface area contributed by atoms with E-state index < -0.39 is 11.9 Å². The second-order valence-corrected chi connectivity index (χ2v) is 3.57. The molecule has 0 aliphatic rings. The van der Waals surface area contributed by atoms with Gasteiger partial charge >= 0.3 is 6.18 Å². The number of alkyl halides is 3. The van der Waals surface area contributed by atoms with Gasteiger partial charge in [-0.3, -0.25) is 0 Å². The molecular formula is C10H10F3N5. The highest BCUT2D eigenvalue weighted by Crippen LogP contribution is 2.27. The van der Waals surface area contributed by atoms with E-state index in [0.29, 0.717) is 5.82 Å². The quantitative estimate of drug-likeness (QED) is 0.911. The van der Waals surface area contributed by atoms with Crippen LogP contribution in [-0.4, -0.2) is 19.5 Å². The van der Waals surface area contributed by atoms with Crippen molar-refractivity contribution >= 4 is 5.95 Å². The van der Waals surface area contributed by atoms with Crippen molar-refractivity contribution in [3.05, 3.63) is 36.2 Å². The Kier molecular flexibility index (Phi) is 3.17. The summed E-state index contributed by atoms with van der Waals surface area (Å²) in [6, 6.07) is 0.825. The number of anilines is 1. The van der Waals surface area contributed by atoms with Crippen molar-refractivity contribution in [2.24, 2.45) is 7.05 Å². The van der Waals surface area contributed by atoms with Gasteiger partial charge in [0, 0.05) is 25.6 Å². The monoisotopic (exact) mass is 257 g/mol. The van der Waals surface area contributed by atoms with Crippen LogP contribution in [0.3, 0.4) is 0 Å². The molecule has 8 heteroatoms. The lowest BCUT2D eigenvalue weighted by atomic mass is 10.4. The lowest BCUT2D eigenvalue weighted by molar-refractivity contribution is -0.141. The van der Waals surface area contributed by atoms with Gasteiger partial charge in [0.1, 0.15) is 11.5 Å². The van der Waals surface area contributed by atoms with Crippen molar-refractivity contribution in [1.29, 1.82) is 0 Å². The summed E-state index contributed by atoms with van der Waals surface area (Å²) in [6.07, 6.45) is -0.0623. The van der Waals surface area contributed by atoms with Crippen LogP contribution in [0.1, 0.15) is 11.5 Å². The van der Waals surface area contributed by atoms with Gasteiger partial charge < -0.3 is 9.88 Å². The van der Waals surface area contributed by atoms with E-state index in [1.165, 1.54) is 0 Å². The minimum absolute atomic E-state index is 0.0761. The molecular weight excluding hydrogens is 247 g/mol. The van der Waals surface area contributed by atoms with Crippen LogP contribution in [0.25, 0.3) is 0 Å². The summed E-state index contributed by atoms with van der Waals surface area (Å²) in [6.45, 7) is 0.255. The molecule has 96 valence electrons. The number of nitrogens with zero attached hydrogens (tertiary/aromatic N) is 4. The molecule has 2 rings (SSSR count). The normalized spacial score (nSPS) is 11.6. The Balaban J connectivity index is 2.09. The Labute approximate surface area is 101 Å². The van der Waals surface area contributed by atoms with Crippen molar-refractivity contribution in [2.75, 3.05) is 5.32 Å². The van der Waals surface area contributed by atoms with E-state index in [0.717, 1.165) is 12.3 Å². The zero-order valence-electron chi connectivity index (χ0n) is 9.44. The maximum atomic E-state index is 12.4. The molecule has 0 spiro atoms. The fourth-order valence-electron chi connectivity index (χ4n) is 1.33. The Morgan fingerprint density at radius 2 is 2.06 bits per heavy atom. The van der Waals surface area contributed by atoms with E-state index >= 15 is 0 Å². The first-order chi connectivity index (χ1) is 8.47. The van der Waals surface area contributed by atoms with Gasteiger partial charge in [-0.05, 0) is 6.07 Å². The number of nitrogens with one attached hydrogen (secondary N) is 1. The summed E-state index contributed by atoms with van der Waals surface area (Å²) in [5.74, 6) is 0.601. The fraction of sp³-hybridized carbons (Fsp3) is 0.300. The number of rotatable bonds is 3. The third-order valence-corrected chi connectivity index (χ3v) is 2.27. The largest absolute Gasteiger partial charge is 0.433 e. The third-order valence-electron chi connectivity index (χ3n) is 2.27. The standard InChI is InChI=1S/C10H10F3N5/c1-18-5-4-14-8(18)6-16-9-15-3-2-7(17-9)10(11,12)13/h2-5H,6H2,1H3,(H,15,16,17). The molecule has 0 aromatic carbocycles. The average molecular weight is 257 g/mol. The number of hydrogen-bond acceptors (Lipinski definition) is 4. The van der Waals surface area contributed by atoms with Crippen LogP contribution in [0, 0.1) is 0 Å². The van der Waals surface area contributed by atoms with Gasteiger partial charge in [0.05, 0.1) is 6.54 Å². The molecule has 2 aromatic rings. The molecule has 1 N–H and O–H groups in total. The maximum absolute atomic E-state index is 12.4. The van der Waals surface area contributed by atoms with E-state index in [1.54, 1.807) is 24.0 Å². The molecule has 2 heterocycles. The molecule has 2 aromatic heterocycles. The maximum Gasteiger partial charge on any atom is 0.433 e. The SMILES string of the molecule is Cn1ccnc1CNc1nccc(C(F)(F)F)n1. The fourth-order valence-corrected chi connectivity index (χ4v) is 1.33. The highest BCUT2D eigenvalue weighted by Gasteiger charge is 2.32. The zero-order chi connectivity index (χ0) is 13.2.